The number of hydroxylamine groups is 1. The van der Waals surface area contributed by atoms with E-state index in [2.05, 4.69) is 22.5 Å². The summed E-state index contributed by atoms with van der Waals surface area (Å²) in [4.78, 5) is 23.6. The fraction of sp³-hybridized carbons (Fsp3) is 0.565. The molecule has 0 saturated carbocycles. The van der Waals surface area contributed by atoms with Crippen LogP contribution in [0.1, 0.15) is 56.6 Å². The Kier molecular flexibility index (Phi) is 8.46. The topological polar surface area (TPSA) is 103 Å². The molecule has 0 aromatic heterocycles. The van der Waals surface area contributed by atoms with Crippen LogP contribution < -0.4 is 5.48 Å². The van der Waals surface area contributed by atoms with Gasteiger partial charge < -0.3 is 9.57 Å². The second kappa shape index (κ2) is 11.1. The van der Waals surface area contributed by atoms with Crippen molar-refractivity contribution in [3.63, 3.8) is 0 Å². The normalized spacial score (nSPS) is 22.3. The first-order valence-corrected chi connectivity index (χ1v) is 12.8. The van der Waals surface area contributed by atoms with Crippen LogP contribution in [0.3, 0.4) is 0 Å². The Morgan fingerprint density at radius 2 is 2.09 bits per heavy atom. The van der Waals surface area contributed by atoms with E-state index in [1.807, 2.05) is 12.1 Å². The van der Waals surface area contributed by atoms with Gasteiger partial charge in [-0.2, -0.15) is 0 Å². The van der Waals surface area contributed by atoms with Crippen LogP contribution in [0.25, 0.3) is 0 Å². The number of hydrogen-bond donors (Lipinski definition) is 1. The number of sulfone groups is 1. The zero-order valence-electron chi connectivity index (χ0n) is 18.8. The van der Waals surface area contributed by atoms with Gasteiger partial charge in [0.2, 0.25) is 0 Å². The smallest absolute Gasteiger partial charge is 0.264 e. The van der Waals surface area contributed by atoms with Crippen molar-refractivity contribution >= 4 is 21.5 Å². The van der Waals surface area contributed by atoms with Crippen LogP contribution in [0, 0.1) is 11.8 Å². The van der Waals surface area contributed by atoms with Crippen molar-refractivity contribution in [2.24, 2.45) is 5.16 Å². The molecule has 3 rings (SSSR count). The van der Waals surface area contributed by atoms with Gasteiger partial charge in [0.25, 0.3) is 5.91 Å². The Bertz CT molecular complexity index is 1030. The van der Waals surface area contributed by atoms with Crippen molar-refractivity contribution in [2.45, 2.75) is 62.6 Å². The van der Waals surface area contributed by atoms with Gasteiger partial charge >= 0.3 is 0 Å². The molecule has 1 N–H and O–H groups in total. The quantitative estimate of drug-likeness (QED) is 0.453. The summed E-state index contributed by atoms with van der Waals surface area (Å²) in [5.74, 6) is 4.84. The van der Waals surface area contributed by atoms with E-state index in [4.69, 9.17) is 14.4 Å². The molecular weight excluding hydrogens is 451 g/mol. The van der Waals surface area contributed by atoms with E-state index in [1.165, 1.54) is 6.92 Å². The van der Waals surface area contributed by atoms with Gasteiger partial charge in [-0.05, 0) is 37.5 Å². The second-order valence-corrected chi connectivity index (χ2v) is 10.8. The van der Waals surface area contributed by atoms with Crippen molar-refractivity contribution in [3.05, 3.63) is 35.4 Å². The van der Waals surface area contributed by atoms with Crippen LogP contribution in [-0.2, 0) is 29.0 Å². The maximum absolute atomic E-state index is 12.8. The van der Waals surface area contributed by atoms with Crippen molar-refractivity contribution in [1.82, 2.24) is 5.48 Å². The van der Waals surface area contributed by atoms with Gasteiger partial charge in [-0.3, -0.25) is 9.18 Å². The number of rotatable bonds is 8. The first-order valence-electron chi connectivity index (χ1n) is 10.9. The van der Waals surface area contributed by atoms with Crippen LogP contribution in [0.4, 0.5) is 4.39 Å². The predicted octanol–water partition coefficient (Wildman–Crippen LogP) is 2.66. The van der Waals surface area contributed by atoms with Crippen molar-refractivity contribution < 1.29 is 32.0 Å². The number of hydrogen-bond acceptors (Lipinski definition) is 7. The molecule has 1 fully saturated rings. The van der Waals surface area contributed by atoms with Crippen LogP contribution in [-0.4, -0.2) is 56.7 Å². The molecule has 0 spiro atoms. The first kappa shape index (κ1) is 25.1. The molecule has 33 heavy (non-hydrogen) atoms. The molecule has 3 atom stereocenters. The summed E-state index contributed by atoms with van der Waals surface area (Å²) in [6.07, 6.45) is 2.73. The highest BCUT2D eigenvalue weighted by molar-refractivity contribution is 7.92. The SMILES string of the molecule is C[C@@](C[C@H]1CC(c2ccc(C#CCCF)cc2)=NO1)(C(=O)NOC1CCCCO1)S(C)(=O)=O. The molecule has 1 saturated heterocycles. The van der Waals surface area contributed by atoms with Crippen molar-refractivity contribution in [1.29, 1.82) is 0 Å². The highest BCUT2D eigenvalue weighted by Gasteiger charge is 2.47. The Morgan fingerprint density at radius 1 is 1.33 bits per heavy atom. The third kappa shape index (κ3) is 6.53. The lowest BCUT2D eigenvalue weighted by atomic mass is 9.96. The molecule has 0 aliphatic carbocycles. The number of oxime groups is 1. The van der Waals surface area contributed by atoms with Gasteiger partial charge in [0, 0.05) is 44.1 Å². The molecule has 2 heterocycles. The molecule has 180 valence electrons. The molecular formula is C23H29FN2O6S. The zero-order chi connectivity index (χ0) is 23.9. The van der Waals surface area contributed by atoms with Gasteiger partial charge in [0.05, 0.1) is 5.71 Å². The summed E-state index contributed by atoms with van der Waals surface area (Å²) in [6, 6.07) is 7.25. The molecule has 2 aliphatic heterocycles. The minimum atomic E-state index is -3.81. The van der Waals surface area contributed by atoms with E-state index >= 15 is 0 Å². The molecule has 1 aromatic rings. The number of nitrogens with zero attached hydrogens (tertiary/aromatic N) is 1. The van der Waals surface area contributed by atoms with E-state index in [-0.39, 0.29) is 12.8 Å². The molecule has 2 aliphatic rings. The summed E-state index contributed by atoms with van der Waals surface area (Å²) < 4.78 is 40.9. The molecule has 8 nitrogen and oxygen atoms in total. The summed E-state index contributed by atoms with van der Waals surface area (Å²) in [6.45, 7) is 1.41. The lowest BCUT2D eigenvalue weighted by Gasteiger charge is -2.29. The monoisotopic (exact) mass is 480 g/mol. The van der Waals surface area contributed by atoms with E-state index < -0.39 is 39.6 Å². The number of benzene rings is 1. The third-order valence-corrected chi connectivity index (χ3v) is 7.73. The van der Waals surface area contributed by atoms with E-state index in [9.17, 15) is 17.6 Å². The Morgan fingerprint density at radius 3 is 2.73 bits per heavy atom. The van der Waals surface area contributed by atoms with Crippen LogP contribution in [0.5, 0.6) is 0 Å². The maximum Gasteiger partial charge on any atom is 0.264 e. The fourth-order valence-electron chi connectivity index (χ4n) is 3.54. The van der Waals surface area contributed by atoms with E-state index in [0.717, 1.165) is 30.2 Å². The Hall–Kier alpha value is -2.48. The number of halogens is 1. The highest BCUT2D eigenvalue weighted by Crippen LogP contribution is 2.29. The average molecular weight is 481 g/mol. The number of carbonyl (C=O) groups excluding carboxylic acids is 1. The minimum Gasteiger partial charge on any atom is -0.392 e. The second-order valence-electron chi connectivity index (χ2n) is 8.34. The Labute approximate surface area is 193 Å². The number of carbonyl (C=O) groups is 1. The zero-order valence-corrected chi connectivity index (χ0v) is 19.6. The summed E-state index contributed by atoms with van der Waals surface area (Å²) in [5.41, 5.74) is 4.47. The summed E-state index contributed by atoms with van der Waals surface area (Å²) >= 11 is 0. The largest absolute Gasteiger partial charge is 0.392 e. The number of nitrogens with one attached hydrogen (secondary N) is 1. The standard InChI is InChI=1S/C23H29FN2O6S/c1-23(33(2,28)29,22(27)26-32-21-8-4-6-14-30-21)16-19-15-20(25-31-19)18-11-9-17(10-12-18)7-3-5-13-24/h9-12,19,21H,4-6,8,13-16H2,1-2H3,(H,26,27)/t19-,21?,23-/m1/s1. The Balaban J connectivity index is 1.61. The van der Waals surface area contributed by atoms with Gasteiger partial charge in [-0.15, -0.1) is 0 Å². The average Bonchev–Trinajstić information content (AvgIpc) is 3.26. The summed E-state index contributed by atoms with van der Waals surface area (Å²) in [7, 11) is -3.81. The fourth-order valence-corrected chi connectivity index (χ4v) is 4.41. The predicted molar refractivity (Wildman–Crippen MR) is 121 cm³/mol. The maximum atomic E-state index is 12.8. The highest BCUT2D eigenvalue weighted by atomic mass is 32.2. The van der Waals surface area contributed by atoms with Crippen LogP contribution in [0.15, 0.2) is 29.4 Å². The number of ether oxygens (including phenoxy) is 1. The van der Waals surface area contributed by atoms with Gasteiger partial charge in [0.1, 0.15) is 12.8 Å². The number of amides is 1. The van der Waals surface area contributed by atoms with Crippen LogP contribution >= 0.6 is 0 Å². The lowest BCUT2D eigenvalue weighted by molar-refractivity contribution is -0.201. The molecule has 1 aromatic carbocycles. The lowest BCUT2D eigenvalue weighted by Crippen LogP contribution is -2.52. The van der Waals surface area contributed by atoms with Gasteiger partial charge in [-0.25, -0.2) is 18.7 Å². The number of alkyl halides is 1. The molecule has 1 unspecified atom stereocenters. The van der Waals surface area contributed by atoms with E-state index in [0.29, 0.717) is 25.2 Å². The van der Waals surface area contributed by atoms with Crippen LogP contribution in [0.2, 0.25) is 0 Å². The molecule has 10 heteroatoms. The van der Waals surface area contributed by atoms with Gasteiger partial charge in [0.15, 0.2) is 20.9 Å². The third-order valence-electron chi connectivity index (χ3n) is 5.74. The van der Waals surface area contributed by atoms with Gasteiger partial charge in [-0.1, -0.05) is 29.1 Å². The summed E-state index contributed by atoms with van der Waals surface area (Å²) in [5, 5.41) is 4.09. The van der Waals surface area contributed by atoms with E-state index in [1.54, 1.807) is 12.1 Å². The molecule has 1 amide bonds. The van der Waals surface area contributed by atoms with Crippen molar-refractivity contribution in [2.75, 3.05) is 19.5 Å². The van der Waals surface area contributed by atoms with Crippen molar-refractivity contribution in [3.8, 4) is 11.8 Å². The molecule has 0 radical (unpaired) electrons. The molecule has 0 bridgehead atoms. The minimum absolute atomic E-state index is 0.0909. The first-order chi connectivity index (χ1) is 15.7.